The zero-order valence-corrected chi connectivity index (χ0v) is 24.4. The number of para-hydroxylation sites is 6. The van der Waals surface area contributed by atoms with Gasteiger partial charge in [0, 0.05) is 43.7 Å². The van der Waals surface area contributed by atoms with Crippen LogP contribution in [-0.4, -0.2) is 13.7 Å². The third-order valence-electron chi connectivity index (χ3n) is 9.42. The zero-order chi connectivity index (χ0) is 29.5. The summed E-state index contributed by atoms with van der Waals surface area (Å²) in [6.07, 6.45) is 0. The lowest BCUT2D eigenvalue weighted by Crippen LogP contribution is -2.02. The van der Waals surface area contributed by atoms with Crippen LogP contribution < -0.4 is 0 Å². The van der Waals surface area contributed by atoms with Crippen molar-refractivity contribution in [1.82, 2.24) is 13.7 Å². The summed E-state index contributed by atoms with van der Waals surface area (Å²) in [4.78, 5) is 0. The van der Waals surface area contributed by atoms with Crippen molar-refractivity contribution < 1.29 is 0 Å². The Morgan fingerprint density at radius 2 is 0.622 bits per heavy atom. The molecule has 3 aromatic heterocycles. The third-order valence-corrected chi connectivity index (χ3v) is 9.42. The van der Waals surface area contributed by atoms with Crippen LogP contribution in [0.3, 0.4) is 0 Å². The number of fused-ring (bicyclic) bond motifs is 9. The molecule has 0 unspecified atom stereocenters. The Kier molecular flexibility index (Phi) is 5.00. The smallest absolute Gasteiger partial charge is 0.0782 e. The average molecular weight is 574 g/mol. The molecule has 0 aliphatic carbocycles. The number of benzene rings is 7. The van der Waals surface area contributed by atoms with Gasteiger partial charge in [-0.05, 0) is 54.6 Å². The fourth-order valence-corrected chi connectivity index (χ4v) is 7.60. The molecule has 0 N–H and O–H groups in total. The molecule has 0 spiro atoms. The van der Waals surface area contributed by atoms with Crippen LogP contribution in [0.5, 0.6) is 0 Å². The highest BCUT2D eigenvalue weighted by atomic mass is 15.1. The van der Waals surface area contributed by atoms with Gasteiger partial charge in [-0.1, -0.05) is 109 Å². The van der Waals surface area contributed by atoms with Crippen molar-refractivity contribution >= 4 is 65.4 Å². The van der Waals surface area contributed by atoms with Gasteiger partial charge < -0.3 is 13.7 Å². The van der Waals surface area contributed by atoms with Crippen LogP contribution in [0.1, 0.15) is 0 Å². The standard InChI is InChI=1S/C42H27N3/c1-6-21-36-30(15-1)31-16-2-7-22-37(31)43(36)28-13-11-14-29(27-28)44-38-23-8-5-19-34(38)35-20-12-26-41(42(35)44)45-39-24-9-3-17-32(39)33-18-4-10-25-40(33)45/h1-27H. The Bertz CT molecular complexity index is 2660. The van der Waals surface area contributed by atoms with Gasteiger partial charge in [0.15, 0.2) is 0 Å². The number of hydrogen-bond acceptors (Lipinski definition) is 0. The molecule has 0 saturated heterocycles. The van der Waals surface area contributed by atoms with E-state index in [1.807, 2.05) is 0 Å². The van der Waals surface area contributed by atoms with E-state index >= 15 is 0 Å². The zero-order valence-electron chi connectivity index (χ0n) is 24.4. The molecule has 0 aliphatic rings. The Morgan fingerprint density at radius 1 is 0.267 bits per heavy atom. The van der Waals surface area contributed by atoms with E-state index in [1.165, 1.54) is 71.1 Å². The van der Waals surface area contributed by atoms with Crippen LogP contribution in [0, 0.1) is 0 Å². The maximum atomic E-state index is 2.46. The topological polar surface area (TPSA) is 14.8 Å². The summed E-state index contributed by atoms with van der Waals surface area (Å²) in [5.74, 6) is 0. The van der Waals surface area contributed by atoms with Crippen LogP contribution in [-0.2, 0) is 0 Å². The second-order valence-corrected chi connectivity index (χ2v) is 11.8. The first-order valence-corrected chi connectivity index (χ1v) is 15.5. The van der Waals surface area contributed by atoms with Crippen molar-refractivity contribution in [2.24, 2.45) is 0 Å². The SMILES string of the molecule is c1cc(-n2c3ccccc3c3ccccc32)cc(-n2c3ccccc3c3cccc(-n4c5ccccc5c5ccccc54)c32)c1. The minimum absolute atomic E-state index is 1.13. The lowest BCUT2D eigenvalue weighted by molar-refractivity contribution is 1.11. The quantitative estimate of drug-likeness (QED) is 0.200. The average Bonchev–Trinajstić information content (AvgIpc) is 3.74. The molecular formula is C42H27N3. The Balaban J connectivity index is 1.32. The second-order valence-electron chi connectivity index (χ2n) is 11.8. The second kappa shape index (κ2) is 9.22. The van der Waals surface area contributed by atoms with Crippen molar-refractivity contribution in [1.29, 1.82) is 0 Å². The van der Waals surface area contributed by atoms with Gasteiger partial charge in [0.2, 0.25) is 0 Å². The molecule has 0 aliphatic heterocycles. The summed E-state index contributed by atoms with van der Waals surface area (Å²) >= 11 is 0. The van der Waals surface area contributed by atoms with Gasteiger partial charge in [-0.25, -0.2) is 0 Å². The lowest BCUT2D eigenvalue weighted by Gasteiger charge is -2.16. The van der Waals surface area contributed by atoms with E-state index < -0.39 is 0 Å². The van der Waals surface area contributed by atoms with Crippen LogP contribution in [0.15, 0.2) is 164 Å². The summed E-state index contributed by atoms with van der Waals surface area (Å²) in [6, 6.07) is 59.5. The van der Waals surface area contributed by atoms with E-state index in [2.05, 4.69) is 177 Å². The van der Waals surface area contributed by atoms with Crippen LogP contribution in [0.2, 0.25) is 0 Å². The highest BCUT2D eigenvalue weighted by Gasteiger charge is 2.20. The fraction of sp³-hybridized carbons (Fsp3) is 0. The van der Waals surface area contributed by atoms with E-state index in [0.29, 0.717) is 0 Å². The monoisotopic (exact) mass is 573 g/mol. The first-order chi connectivity index (χ1) is 22.4. The minimum atomic E-state index is 1.13. The Morgan fingerprint density at radius 3 is 1.13 bits per heavy atom. The van der Waals surface area contributed by atoms with Gasteiger partial charge >= 0.3 is 0 Å². The van der Waals surface area contributed by atoms with Crippen molar-refractivity contribution in [3.8, 4) is 17.1 Å². The lowest BCUT2D eigenvalue weighted by atomic mass is 10.1. The van der Waals surface area contributed by atoms with Crippen molar-refractivity contribution in [3.05, 3.63) is 164 Å². The Labute approximate surface area is 259 Å². The van der Waals surface area contributed by atoms with E-state index in [4.69, 9.17) is 0 Å². The maximum absolute atomic E-state index is 2.46. The summed E-state index contributed by atoms with van der Waals surface area (Å²) in [6.45, 7) is 0. The summed E-state index contributed by atoms with van der Waals surface area (Å²) in [7, 11) is 0. The van der Waals surface area contributed by atoms with Gasteiger partial charge in [0.1, 0.15) is 0 Å². The van der Waals surface area contributed by atoms with Gasteiger partial charge in [-0.2, -0.15) is 0 Å². The molecule has 7 aromatic carbocycles. The van der Waals surface area contributed by atoms with Crippen LogP contribution in [0.4, 0.5) is 0 Å². The summed E-state index contributed by atoms with van der Waals surface area (Å²) in [5, 5.41) is 7.56. The number of aromatic nitrogens is 3. The van der Waals surface area contributed by atoms with Crippen molar-refractivity contribution in [2.75, 3.05) is 0 Å². The fourth-order valence-electron chi connectivity index (χ4n) is 7.60. The van der Waals surface area contributed by atoms with E-state index in [-0.39, 0.29) is 0 Å². The molecule has 45 heavy (non-hydrogen) atoms. The largest absolute Gasteiger partial charge is 0.309 e. The molecule has 0 atom stereocenters. The van der Waals surface area contributed by atoms with Crippen molar-refractivity contribution in [3.63, 3.8) is 0 Å². The third kappa shape index (κ3) is 3.35. The molecule has 0 fully saturated rings. The maximum Gasteiger partial charge on any atom is 0.0782 e. The van der Waals surface area contributed by atoms with E-state index in [1.54, 1.807) is 0 Å². The molecule has 0 saturated carbocycles. The number of hydrogen-bond donors (Lipinski definition) is 0. The van der Waals surface area contributed by atoms with Crippen LogP contribution >= 0.6 is 0 Å². The number of nitrogens with zero attached hydrogens (tertiary/aromatic N) is 3. The molecule has 3 heteroatoms. The van der Waals surface area contributed by atoms with Crippen LogP contribution in [0.25, 0.3) is 82.5 Å². The molecule has 0 radical (unpaired) electrons. The molecule has 10 rings (SSSR count). The Hall–Kier alpha value is -6.06. The molecular weight excluding hydrogens is 546 g/mol. The molecule has 10 aromatic rings. The highest BCUT2D eigenvalue weighted by Crippen LogP contribution is 2.40. The molecule has 3 heterocycles. The van der Waals surface area contributed by atoms with E-state index in [0.717, 1.165) is 11.4 Å². The van der Waals surface area contributed by atoms with Gasteiger partial charge in [-0.3, -0.25) is 0 Å². The first kappa shape index (κ1) is 24.4. The summed E-state index contributed by atoms with van der Waals surface area (Å²) in [5.41, 5.74) is 10.7. The first-order valence-electron chi connectivity index (χ1n) is 15.5. The minimum Gasteiger partial charge on any atom is -0.309 e. The predicted octanol–water partition coefficient (Wildman–Crippen LogP) is 11.0. The normalized spacial score (nSPS) is 12.0. The van der Waals surface area contributed by atoms with E-state index in [9.17, 15) is 0 Å². The molecule has 0 bridgehead atoms. The predicted molar refractivity (Wildman–Crippen MR) is 189 cm³/mol. The van der Waals surface area contributed by atoms with Crippen molar-refractivity contribution in [2.45, 2.75) is 0 Å². The molecule has 210 valence electrons. The highest BCUT2D eigenvalue weighted by molar-refractivity contribution is 6.15. The van der Waals surface area contributed by atoms with Gasteiger partial charge in [0.05, 0.1) is 38.8 Å². The number of rotatable bonds is 3. The summed E-state index contributed by atoms with van der Waals surface area (Å²) < 4.78 is 7.30. The van der Waals surface area contributed by atoms with Gasteiger partial charge in [0.25, 0.3) is 0 Å². The molecule has 0 amide bonds. The van der Waals surface area contributed by atoms with Gasteiger partial charge in [-0.15, -0.1) is 0 Å². The molecule has 3 nitrogen and oxygen atoms in total.